The monoisotopic (exact) mass is 316 g/mol. The molecular formula is C20H32N2O. The molecule has 1 atom stereocenters. The number of hydrogen-bond donors (Lipinski definition) is 0. The predicted octanol–water partition coefficient (Wildman–Crippen LogP) is 3.64. The standard InChI is InChI=1S/C20H32N2O/c1-17(2)13-21-11-4-9-20(15-21)10-12-22(16-20)14-18-5-7-19(23-3)8-6-18/h5-8,17H,4,9-16H2,1-3H3/t20-/m0/s1. The van der Waals surface area contributed by atoms with Gasteiger partial charge in [0.2, 0.25) is 0 Å². The van der Waals surface area contributed by atoms with Crippen LogP contribution < -0.4 is 4.74 Å². The lowest BCUT2D eigenvalue weighted by Gasteiger charge is -2.41. The van der Waals surface area contributed by atoms with Crippen LogP contribution in [0.3, 0.4) is 0 Å². The molecule has 1 aromatic carbocycles. The number of rotatable bonds is 5. The van der Waals surface area contributed by atoms with Crippen LogP contribution in [0.15, 0.2) is 24.3 Å². The maximum Gasteiger partial charge on any atom is 0.118 e. The zero-order chi connectivity index (χ0) is 16.3. The van der Waals surface area contributed by atoms with Crippen LogP contribution in [0.5, 0.6) is 5.75 Å². The molecule has 1 aromatic rings. The molecule has 2 aliphatic heterocycles. The first-order valence-corrected chi connectivity index (χ1v) is 9.16. The van der Waals surface area contributed by atoms with E-state index in [2.05, 4.69) is 47.9 Å². The Morgan fingerprint density at radius 1 is 1.04 bits per heavy atom. The molecule has 0 saturated carbocycles. The third kappa shape index (κ3) is 4.27. The number of likely N-dealkylation sites (tertiary alicyclic amines) is 2. The molecule has 2 saturated heterocycles. The largest absolute Gasteiger partial charge is 0.497 e. The van der Waals surface area contributed by atoms with Gasteiger partial charge in [0.15, 0.2) is 0 Å². The van der Waals surface area contributed by atoms with Crippen molar-refractivity contribution in [2.75, 3.05) is 39.8 Å². The highest BCUT2D eigenvalue weighted by Crippen LogP contribution is 2.39. The Bertz CT molecular complexity index is 499. The minimum absolute atomic E-state index is 0.555. The third-order valence-corrected chi connectivity index (χ3v) is 5.45. The predicted molar refractivity (Wildman–Crippen MR) is 95.8 cm³/mol. The molecule has 0 bridgehead atoms. The molecule has 3 nitrogen and oxygen atoms in total. The van der Waals surface area contributed by atoms with Gasteiger partial charge in [0.05, 0.1) is 7.11 Å². The first-order chi connectivity index (χ1) is 11.1. The van der Waals surface area contributed by atoms with Gasteiger partial charge in [0, 0.05) is 26.2 Å². The van der Waals surface area contributed by atoms with E-state index in [1.807, 2.05) is 0 Å². The van der Waals surface area contributed by atoms with Crippen molar-refractivity contribution in [3.63, 3.8) is 0 Å². The van der Waals surface area contributed by atoms with Gasteiger partial charge in [-0.05, 0) is 61.4 Å². The summed E-state index contributed by atoms with van der Waals surface area (Å²) in [6.07, 6.45) is 4.17. The Morgan fingerprint density at radius 2 is 1.78 bits per heavy atom. The molecule has 0 radical (unpaired) electrons. The molecule has 2 fully saturated rings. The van der Waals surface area contributed by atoms with E-state index in [0.29, 0.717) is 5.41 Å². The first kappa shape index (κ1) is 16.8. The van der Waals surface area contributed by atoms with Gasteiger partial charge in [0.25, 0.3) is 0 Å². The van der Waals surface area contributed by atoms with E-state index in [4.69, 9.17) is 4.74 Å². The Balaban J connectivity index is 1.56. The summed E-state index contributed by atoms with van der Waals surface area (Å²) in [5, 5.41) is 0. The van der Waals surface area contributed by atoms with E-state index in [0.717, 1.165) is 18.2 Å². The second-order valence-electron chi connectivity index (χ2n) is 8.04. The summed E-state index contributed by atoms with van der Waals surface area (Å²) in [5.74, 6) is 1.73. The Labute approximate surface area is 141 Å². The molecule has 128 valence electrons. The normalized spacial score (nSPS) is 26.3. The lowest BCUT2D eigenvalue weighted by molar-refractivity contribution is 0.0833. The molecule has 3 rings (SSSR count). The quantitative estimate of drug-likeness (QED) is 0.825. The van der Waals surface area contributed by atoms with Crippen molar-refractivity contribution in [2.45, 2.75) is 39.7 Å². The van der Waals surface area contributed by atoms with Crippen LogP contribution in [0.1, 0.15) is 38.7 Å². The van der Waals surface area contributed by atoms with Crippen LogP contribution in [-0.2, 0) is 6.54 Å². The average Bonchev–Trinajstić information content (AvgIpc) is 2.89. The summed E-state index contributed by atoms with van der Waals surface area (Å²) in [4.78, 5) is 5.37. The second-order valence-corrected chi connectivity index (χ2v) is 8.04. The summed E-state index contributed by atoms with van der Waals surface area (Å²) < 4.78 is 5.25. The first-order valence-electron chi connectivity index (χ1n) is 9.16. The van der Waals surface area contributed by atoms with Gasteiger partial charge in [-0.3, -0.25) is 4.90 Å². The molecule has 1 spiro atoms. The zero-order valence-corrected chi connectivity index (χ0v) is 15.1. The van der Waals surface area contributed by atoms with Gasteiger partial charge in [-0.15, -0.1) is 0 Å². The fourth-order valence-electron chi connectivity index (χ4n) is 4.47. The molecule has 2 heterocycles. The van der Waals surface area contributed by atoms with Crippen molar-refractivity contribution in [1.82, 2.24) is 9.80 Å². The number of nitrogens with zero attached hydrogens (tertiary/aromatic N) is 2. The van der Waals surface area contributed by atoms with Crippen molar-refractivity contribution in [2.24, 2.45) is 11.3 Å². The number of piperidine rings is 1. The number of methoxy groups -OCH3 is 1. The van der Waals surface area contributed by atoms with Crippen molar-refractivity contribution in [3.05, 3.63) is 29.8 Å². The number of hydrogen-bond acceptors (Lipinski definition) is 3. The molecule has 23 heavy (non-hydrogen) atoms. The fraction of sp³-hybridized carbons (Fsp3) is 0.700. The van der Waals surface area contributed by atoms with Gasteiger partial charge in [-0.25, -0.2) is 0 Å². The molecule has 0 aliphatic carbocycles. The van der Waals surface area contributed by atoms with Crippen molar-refractivity contribution in [1.29, 1.82) is 0 Å². The molecular weight excluding hydrogens is 284 g/mol. The Hall–Kier alpha value is -1.06. The molecule has 3 heteroatoms. The molecule has 0 aromatic heterocycles. The highest BCUT2D eigenvalue weighted by Gasteiger charge is 2.41. The van der Waals surface area contributed by atoms with Crippen LogP contribution in [-0.4, -0.2) is 49.6 Å². The van der Waals surface area contributed by atoms with E-state index >= 15 is 0 Å². The summed E-state index contributed by atoms with van der Waals surface area (Å²) >= 11 is 0. The van der Waals surface area contributed by atoms with E-state index in [9.17, 15) is 0 Å². The van der Waals surface area contributed by atoms with Crippen LogP contribution in [0.25, 0.3) is 0 Å². The van der Waals surface area contributed by atoms with Gasteiger partial charge < -0.3 is 9.64 Å². The van der Waals surface area contributed by atoms with Gasteiger partial charge in [-0.1, -0.05) is 26.0 Å². The van der Waals surface area contributed by atoms with E-state index in [1.54, 1.807) is 7.11 Å². The van der Waals surface area contributed by atoms with Crippen LogP contribution in [0, 0.1) is 11.3 Å². The van der Waals surface area contributed by atoms with E-state index in [-0.39, 0.29) is 0 Å². The van der Waals surface area contributed by atoms with E-state index in [1.165, 1.54) is 57.5 Å². The summed E-state index contributed by atoms with van der Waals surface area (Å²) in [5.41, 5.74) is 1.96. The number of benzene rings is 1. The number of ether oxygens (including phenoxy) is 1. The zero-order valence-electron chi connectivity index (χ0n) is 15.1. The maximum atomic E-state index is 5.25. The van der Waals surface area contributed by atoms with Crippen molar-refractivity contribution in [3.8, 4) is 5.75 Å². The van der Waals surface area contributed by atoms with Gasteiger partial charge in [0.1, 0.15) is 5.75 Å². The SMILES string of the molecule is COc1ccc(CN2CC[C@]3(CCCN(CC(C)C)C3)C2)cc1. The van der Waals surface area contributed by atoms with Crippen LogP contribution in [0.4, 0.5) is 0 Å². The van der Waals surface area contributed by atoms with Crippen LogP contribution in [0.2, 0.25) is 0 Å². The molecule has 0 N–H and O–H groups in total. The summed E-state index contributed by atoms with van der Waals surface area (Å²) in [6.45, 7) is 12.2. The van der Waals surface area contributed by atoms with Crippen molar-refractivity contribution >= 4 is 0 Å². The average molecular weight is 316 g/mol. The van der Waals surface area contributed by atoms with Crippen molar-refractivity contribution < 1.29 is 4.74 Å². The molecule has 0 unspecified atom stereocenters. The Kier molecular flexibility index (Phi) is 5.27. The molecule has 0 amide bonds. The maximum absolute atomic E-state index is 5.25. The van der Waals surface area contributed by atoms with Gasteiger partial charge >= 0.3 is 0 Å². The highest BCUT2D eigenvalue weighted by molar-refractivity contribution is 5.27. The topological polar surface area (TPSA) is 15.7 Å². The smallest absolute Gasteiger partial charge is 0.118 e. The second kappa shape index (κ2) is 7.23. The fourth-order valence-corrected chi connectivity index (χ4v) is 4.47. The summed E-state index contributed by atoms with van der Waals surface area (Å²) in [7, 11) is 1.73. The molecule has 2 aliphatic rings. The Morgan fingerprint density at radius 3 is 2.48 bits per heavy atom. The van der Waals surface area contributed by atoms with Crippen LogP contribution >= 0.6 is 0 Å². The highest BCUT2D eigenvalue weighted by atomic mass is 16.5. The lowest BCUT2D eigenvalue weighted by Crippen LogP contribution is -2.45. The third-order valence-electron chi connectivity index (χ3n) is 5.45. The summed E-state index contributed by atoms with van der Waals surface area (Å²) in [6, 6.07) is 8.56. The lowest BCUT2D eigenvalue weighted by atomic mass is 9.79. The minimum Gasteiger partial charge on any atom is -0.497 e. The minimum atomic E-state index is 0.555. The van der Waals surface area contributed by atoms with Gasteiger partial charge in [-0.2, -0.15) is 0 Å². The van der Waals surface area contributed by atoms with E-state index < -0.39 is 0 Å².